The summed E-state index contributed by atoms with van der Waals surface area (Å²) in [4.78, 5) is 12.0. The summed E-state index contributed by atoms with van der Waals surface area (Å²) in [7, 11) is 0. The third kappa shape index (κ3) is 1.48. The van der Waals surface area contributed by atoms with Gasteiger partial charge >= 0.3 is 0 Å². The molecule has 0 saturated carbocycles. The number of pyridine rings is 1. The second kappa shape index (κ2) is 3.38. The quantitative estimate of drug-likeness (QED) is 0.754. The summed E-state index contributed by atoms with van der Waals surface area (Å²) in [5, 5.41) is 0. The zero-order chi connectivity index (χ0) is 10.1. The molecule has 0 unspecified atom stereocenters. The summed E-state index contributed by atoms with van der Waals surface area (Å²) in [6, 6.07) is 3.90. The number of hydrogen-bond donors (Lipinski definition) is 2. The van der Waals surface area contributed by atoms with Gasteiger partial charge in [-0.3, -0.25) is 0 Å². The predicted molar refractivity (Wildman–Crippen MR) is 55.9 cm³/mol. The summed E-state index contributed by atoms with van der Waals surface area (Å²) in [5.41, 5.74) is 8.12. The molecule has 2 aromatic heterocycles. The molecule has 0 fully saturated rings. The van der Waals surface area contributed by atoms with E-state index in [9.17, 15) is 0 Å². The van der Waals surface area contributed by atoms with Crippen LogP contribution < -0.4 is 5.73 Å². The Labute approximate surface area is 82.6 Å². The molecule has 2 rings (SSSR count). The largest absolute Gasteiger partial charge is 0.340 e. The van der Waals surface area contributed by atoms with Crippen molar-refractivity contribution in [1.29, 1.82) is 0 Å². The molecule has 0 saturated heterocycles. The monoisotopic (exact) mass is 190 g/mol. The van der Waals surface area contributed by atoms with Crippen molar-refractivity contribution in [3.05, 3.63) is 23.7 Å². The lowest BCUT2D eigenvalue weighted by Crippen LogP contribution is -1.98. The zero-order valence-corrected chi connectivity index (χ0v) is 8.41. The third-order valence-corrected chi connectivity index (χ3v) is 2.18. The Kier molecular flexibility index (Phi) is 2.21. The molecule has 0 bridgehead atoms. The molecule has 74 valence electrons. The van der Waals surface area contributed by atoms with Crippen LogP contribution in [0, 0.1) is 0 Å². The van der Waals surface area contributed by atoms with Crippen LogP contribution in [0.3, 0.4) is 0 Å². The maximum atomic E-state index is 5.51. The molecule has 0 spiro atoms. The van der Waals surface area contributed by atoms with Crippen molar-refractivity contribution >= 4 is 11.2 Å². The number of nitrogens with zero attached hydrogens (tertiary/aromatic N) is 2. The van der Waals surface area contributed by atoms with Crippen LogP contribution >= 0.6 is 0 Å². The van der Waals surface area contributed by atoms with Gasteiger partial charge in [-0.1, -0.05) is 13.8 Å². The van der Waals surface area contributed by atoms with Crippen molar-refractivity contribution in [2.24, 2.45) is 5.73 Å². The minimum atomic E-state index is 0.394. The van der Waals surface area contributed by atoms with Gasteiger partial charge in [-0.2, -0.15) is 0 Å². The highest BCUT2D eigenvalue weighted by molar-refractivity contribution is 5.70. The van der Waals surface area contributed by atoms with Gasteiger partial charge in [-0.25, -0.2) is 9.97 Å². The molecule has 0 aliphatic rings. The number of aromatic amines is 1. The molecule has 2 aromatic rings. The van der Waals surface area contributed by atoms with Gasteiger partial charge in [0.15, 0.2) is 5.65 Å². The third-order valence-electron chi connectivity index (χ3n) is 2.18. The van der Waals surface area contributed by atoms with E-state index in [1.807, 2.05) is 12.1 Å². The fourth-order valence-corrected chi connectivity index (χ4v) is 1.34. The number of aromatic nitrogens is 3. The number of fused-ring (bicyclic) bond motifs is 1. The number of nitrogens with two attached hydrogens (primary N) is 1. The minimum Gasteiger partial charge on any atom is -0.340 e. The lowest BCUT2D eigenvalue weighted by Gasteiger charge is -1.95. The van der Waals surface area contributed by atoms with E-state index in [0.29, 0.717) is 12.5 Å². The summed E-state index contributed by atoms with van der Waals surface area (Å²) in [6.45, 7) is 4.66. The van der Waals surface area contributed by atoms with Gasteiger partial charge in [-0.05, 0) is 12.1 Å². The first-order valence-electron chi connectivity index (χ1n) is 4.76. The molecule has 3 N–H and O–H groups in total. The van der Waals surface area contributed by atoms with Crippen molar-refractivity contribution < 1.29 is 0 Å². The Morgan fingerprint density at radius 3 is 2.79 bits per heavy atom. The average molecular weight is 190 g/mol. The molecule has 0 amide bonds. The molecule has 0 aliphatic heterocycles. The molecular formula is C10H14N4. The standard InChI is InChI=1S/C10H14N4/c1-6(2)9-13-8-4-3-7(5-11)12-10(8)14-9/h3-4,6H,5,11H2,1-2H3,(H,12,13,14). The number of nitrogens with one attached hydrogen (secondary N) is 1. The maximum absolute atomic E-state index is 5.51. The summed E-state index contributed by atoms with van der Waals surface area (Å²) < 4.78 is 0. The van der Waals surface area contributed by atoms with E-state index in [-0.39, 0.29) is 0 Å². The van der Waals surface area contributed by atoms with Crippen LogP contribution in [0.2, 0.25) is 0 Å². The molecule has 0 atom stereocenters. The van der Waals surface area contributed by atoms with Crippen molar-refractivity contribution in [3.63, 3.8) is 0 Å². The van der Waals surface area contributed by atoms with Crippen LogP contribution in [0.4, 0.5) is 0 Å². The van der Waals surface area contributed by atoms with Crippen LogP contribution in [0.15, 0.2) is 12.1 Å². The topological polar surface area (TPSA) is 67.6 Å². The summed E-state index contributed by atoms with van der Waals surface area (Å²) in [6.07, 6.45) is 0. The van der Waals surface area contributed by atoms with E-state index in [1.165, 1.54) is 0 Å². The molecular weight excluding hydrogens is 176 g/mol. The summed E-state index contributed by atoms with van der Waals surface area (Å²) >= 11 is 0. The second-order valence-corrected chi connectivity index (χ2v) is 3.65. The highest BCUT2D eigenvalue weighted by Gasteiger charge is 2.07. The van der Waals surface area contributed by atoms with Gasteiger partial charge in [0.25, 0.3) is 0 Å². The highest BCUT2D eigenvalue weighted by atomic mass is 15.0. The Morgan fingerprint density at radius 2 is 2.14 bits per heavy atom. The lowest BCUT2D eigenvalue weighted by atomic mass is 10.2. The van der Waals surface area contributed by atoms with Gasteiger partial charge in [0.2, 0.25) is 0 Å². The SMILES string of the molecule is CC(C)c1nc2nc(CN)ccc2[nH]1. The molecule has 2 heterocycles. The van der Waals surface area contributed by atoms with E-state index in [0.717, 1.165) is 22.7 Å². The second-order valence-electron chi connectivity index (χ2n) is 3.65. The lowest BCUT2D eigenvalue weighted by molar-refractivity contribution is 0.798. The zero-order valence-electron chi connectivity index (χ0n) is 8.41. The van der Waals surface area contributed by atoms with Crippen LogP contribution in [-0.4, -0.2) is 15.0 Å². The Morgan fingerprint density at radius 1 is 1.36 bits per heavy atom. The first-order chi connectivity index (χ1) is 6.70. The van der Waals surface area contributed by atoms with Gasteiger partial charge in [-0.15, -0.1) is 0 Å². The van der Waals surface area contributed by atoms with Crippen LogP contribution in [0.25, 0.3) is 11.2 Å². The van der Waals surface area contributed by atoms with E-state index >= 15 is 0 Å². The van der Waals surface area contributed by atoms with Crippen molar-refractivity contribution in [2.45, 2.75) is 26.3 Å². The Bertz CT molecular complexity index is 444. The van der Waals surface area contributed by atoms with E-state index in [2.05, 4.69) is 28.8 Å². The van der Waals surface area contributed by atoms with Crippen LogP contribution in [-0.2, 0) is 6.54 Å². The van der Waals surface area contributed by atoms with Crippen molar-refractivity contribution in [1.82, 2.24) is 15.0 Å². The predicted octanol–water partition coefficient (Wildman–Crippen LogP) is 1.54. The van der Waals surface area contributed by atoms with Gasteiger partial charge < -0.3 is 10.7 Å². The first-order valence-corrected chi connectivity index (χ1v) is 4.76. The molecule has 4 heteroatoms. The van der Waals surface area contributed by atoms with Crippen LogP contribution in [0.5, 0.6) is 0 Å². The molecule has 0 aromatic carbocycles. The number of rotatable bonds is 2. The molecule has 14 heavy (non-hydrogen) atoms. The molecule has 4 nitrogen and oxygen atoms in total. The Balaban J connectivity index is 2.54. The first kappa shape index (κ1) is 9.15. The van der Waals surface area contributed by atoms with Gasteiger partial charge in [0.1, 0.15) is 5.82 Å². The van der Waals surface area contributed by atoms with E-state index in [4.69, 9.17) is 5.73 Å². The van der Waals surface area contributed by atoms with Crippen LogP contribution in [0.1, 0.15) is 31.3 Å². The number of H-pyrrole nitrogens is 1. The normalized spacial score (nSPS) is 11.4. The maximum Gasteiger partial charge on any atom is 0.177 e. The smallest absolute Gasteiger partial charge is 0.177 e. The molecule has 0 aliphatic carbocycles. The van der Waals surface area contributed by atoms with Gasteiger partial charge in [0.05, 0.1) is 11.2 Å². The highest BCUT2D eigenvalue weighted by Crippen LogP contribution is 2.15. The van der Waals surface area contributed by atoms with Crippen molar-refractivity contribution in [3.8, 4) is 0 Å². The van der Waals surface area contributed by atoms with Crippen molar-refractivity contribution in [2.75, 3.05) is 0 Å². The Hall–Kier alpha value is -1.42. The van der Waals surface area contributed by atoms with Gasteiger partial charge in [0, 0.05) is 12.5 Å². The fourth-order valence-electron chi connectivity index (χ4n) is 1.34. The number of hydrogen-bond acceptors (Lipinski definition) is 3. The number of imidazole rings is 1. The van der Waals surface area contributed by atoms with E-state index in [1.54, 1.807) is 0 Å². The molecule has 0 radical (unpaired) electrons. The fraction of sp³-hybridized carbons (Fsp3) is 0.400. The summed E-state index contributed by atoms with van der Waals surface area (Å²) in [5.74, 6) is 1.37. The minimum absolute atomic E-state index is 0.394. The van der Waals surface area contributed by atoms with E-state index < -0.39 is 0 Å². The average Bonchev–Trinajstić information content (AvgIpc) is 2.59.